The highest BCUT2D eigenvalue weighted by Crippen LogP contribution is 2.30. The van der Waals surface area contributed by atoms with Gasteiger partial charge in [-0.1, -0.05) is 30.7 Å². The summed E-state index contributed by atoms with van der Waals surface area (Å²) < 4.78 is 5.91. The van der Waals surface area contributed by atoms with E-state index in [1.54, 1.807) is 0 Å². The van der Waals surface area contributed by atoms with Gasteiger partial charge in [-0.2, -0.15) is 0 Å². The van der Waals surface area contributed by atoms with Crippen LogP contribution in [0.1, 0.15) is 35.6 Å². The van der Waals surface area contributed by atoms with Gasteiger partial charge < -0.3 is 10.1 Å². The molecule has 1 amide bonds. The second-order valence-corrected chi connectivity index (χ2v) is 6.07. The molecule has 0 saturated carbocycles. The van der Waals surface area contributed by atoms with Gasteiger partial charge in [-0.25, -0.2) is 0 Å². The molecular weight excluding hydrogens is 310 g/mol. The molecule has 0 radical (unpaired) electrons. The number of benzene rings is 2. The van der Waals surface area contributed by atoms with Crippen LogP contribution in [-0.4, -0.2) is 5.91 Å². The molecule has 0 fully saturated rings. The van der Waals surface area contributed by atoms with E-state index >= 15 is 0 Å². The molecule has 0 spiro atoms. The zero-order valence-corrected chi connectivity index (χ0v) is 14.8. The van der Waals surface area contributed by atoms with E-state index in [1.807, 2.05) is 58.0 Å². The number of rotatable bonds is 5. The van der Waals surface area contributed by atoms with Crippen LogP contribution in [0, 0.1) is 20.8 Å². The predicted octanol–water partition coefficient (Wildman–Crippen LogP) is 5.19. The highest BCUT2D eigenvalue weighted by atomic mass is 35.5. The van der Waals surface area contributed by atoms with Gasteiger partial charge in [0.15, 0.2) is 0 Å². The predicted molar refractivity (Wildman–Crippen MR) is 95.4 cm³/mol. The van der Waals surface area contributed by atoms with E-state index in [9.17, 15) is 4.79 Å². The van der Waals surface area contributed by atoms with E-state index in [-0.39, 0.29) is 5.91 Å². The van der Waals surface area contributed by atoms with Crippen molar-refractivity contribution in [3.8, 4) is 5.75 Å². The maximum Gasteiger partial charge on any atom is 0.224 e. The van der Waals surface area contributed by atoms with E-state index in [4.69, 9.17) is 16.3 Å². The molecule has 2 aromatic carbocycles. The Kier molecular flexibility index (Phi) is 5.67. The number of aryl methyl sites for hydroxylation is 3. The molecule has 23 heavy (non-hydrogen) atoms. The topological polar surface area (TPSA) is 38.3 Å². The van der Waals surface area contributed by atoms with Crippen LogP contribution in [0.3, 0.4) is 0 Å². The van der Waals surface area contributed by atoms with Crippen LogP contribution in [0.4, 0.5) is 5.69 Å². The molecule has 0 aliphatic rings. The van der Waals surface area contributed by atoms with E-state index in [0.29, 0.717) is 23.8 Å². The first-order valence-electron chi connectivity index (χ1n) is 7.70. The molecule has 0 aliphatic heterocycles. The second-order valence-electron chi connectivity index (χ2n) is 5.66. The monoisotopic (exact) mass is 331 g/mol. The smallest absolute Gasteiger partial charge is 0.224 e. The fourth-order valence-corrected chi connectivity index (χ4v) is 2.54. The maximum absolute atomic E-state index is 11.7. The summed E-state index contributed by atoms with van der Waals surface area (Å²) in [6, 6.07) is 9.67. The van der Waals surface area contributed by atoms with Crippen molar-refractivity contribution < 1.29 is 9.53 Å². The summed E-state index contributed by atoms with van der Waals surface area (Å²) in [7, 11) is 0. The minimum Gasteiger partial charge on any atom is -0.487 e. The van der Waals surface area contributed by atoms with Crippen molar-refractivity contribution >= 4 is 23.2 Å². The van der Waals surface area contributed by atoms with Crippen LogP contribution in [0.15, 0.2) is 30.3 Å². The van der Waals surface area contributed by atoms with Crippen molar-refractivity contribution in [2.45, 2.75) is 40.7 Å². The SMILES string of the molecule is CCC(=O)Nc1cccc(C)c1COc1cc(C)c(C)cc1Cl. The Bertz CT molecular complexity index is 726. The molecule has 0 aliphatic carbocycles. The lowest BCUT2D eigenvalue weighted by atomic mass is 10.1. The van der Waals surface area contributed by atoms with Crippen molar-refractivity contribution in [1.82, 2.24) is 0 Å². The van der Waals surface area contributed by atoms with Gasteiger partial charge in [0.25, 0.3) is 0 Å². The van der Waals surface area contributed by atoms with Crippen LogP contribution in [0.25, 0.3) is 0 Å². The van der Waals surface area contributed by atoms with Gasteiger partial charge in [-0.05, 0) is 55.7 Å². The zero-order valence-electron chi connectivity index (χ0n) is 14.0. The summed E-state index contributed by atoms with van der Waals surface area (Å²) in [5.74, 6) is 0.645. The molecule has 2 rings (SSSR count). The first-order valence-corrected chi connectivity index (χ1v) is 8.08. The molecule has 0 bridgehead atoms. The number of hydrogen-bond acceptors (Lipinski definition) is 2. The van der Waals surface area contributed by atoms with Crippen molar-refractivity contribution in [2.75, 3.05) is 5.32 Å². The van der Waals surface area contributed by atoms with Gasteiger partial charge in [-0.3, -0.25) is 4.79 Å². The third kappa shape index (κ3) is 4.26. The van der Waals surface area contributed by atoms with Crippen molar-refractivity contribution in [3.05, 3.63) is 57.6 Å². The van der Waals surface area contributed by atoms with Gasteiger partial charge in [0.2, 0.25) is 5.91 Å². The third-order valence-electron chi connectivity index (χ3n) is 3.93. The lowest BCUT2D eigenvalue weighted by Gasteiger charge is -2.16. The van der Waals surface area contributed by atoms with Crippen LogP contribution in [0.5, 0.6) is 5.75 Å². The summed E-state index contributed by atoms with van der Waals surface area (Å²) >= 11 is 6.26. The average molecular weight is 332 g/mol. The molecule has 3 nitrogen and oxygen atoms in total. The molecule has 0 aromatic heterocycles. The number of halogens is 1. The Morgan fingerprint density at radius 1 is 1.13 bits per heavy atom. The molecule has 0 atom stereocenters. The summed E-state index contributed by atoms with van der Waals surface area (Å²) in [6.07, 6.45) is 0.442. The standard InChI is InChI=1S/C19H22ClNO2/c1-5-19(22)21-17-8-6-7-12(2)15(17)11-23-18-10-14(4)13(3)9-16(18)20/h6-10H,5,11H2,1-4H3,(H,21,22). The quantitative estimate of drug-likeness (QED) is 0.818. The molecule has 2 aromatic rings. The fraction of sp³-hybridized carbons (Fsp3) is 0.316. The molecule has 1 N–H and O–H groups in total. The zero-order chi connectivity index (χ0) is 17.0. The second kappa shape index (κ2) is 7.51. The third-order valence-corrected chi connectivity index (χ3v) is 4.22. The van der Waals surface area contributed by atoms with E-state index in [2.05, 4.69) is 5.32 Å². The van der Waals surface area contributed by atoms with E-state index < -0.39 is 0 Å². The molecule has 0 heterocycles. The normalized spacial score (nSPS) is 10.5. The lowest BCUT2D eigenvalue weighted by Crippen LogP contribution is -2.13. The summed E-state index contributed by atoms with van der Waals surface area (Å²) in [4.78, 5) is 11.7. The Labute approximate surface area is 142 Å². The van der Waals surface area contributed by atoms with Crippen LogP contribution in [-0.2, 0) is 11.4 Å². The Morgan fingerprint density at radius 3 is 2.52 bits per heavy atom. The van der Waals surface area contributed by atoms with Gasteiger partial charge in [-0.15, -0.1) is 0 Å². The van der Waals surface area contributed by atoms with Gasteiger partial charge in [0.1, 0.15) is 12.4 Å². The number of amides is 1. The van der Waals surface area contributed by atoms with Crippen LogP contribution >= 0.6 is 11.6 Å². The number of nitrogens with one attached hydrogen (secondary N) is 1. The largest absolute Gasteiger partial charge is 0.487 e. The molecule has 122 valence electrons. The molecule has 4 heteroatoms. The summed E-state index contributed by atoms with van der Waals surface area (Å²) in [6.45, 7) is 8.23. The Hall–Kier alpha value is -2.00. The Morgan fingerprint density at radius 2 is 1.83 bits per heavy atom. The summed E-state index contributed by atoms with van der Waals surface area (Å²) in [5, 5.41) is 3.52. The summed E-state index contributed by atoms with van der Waals surface area (Å²) in [5.41, 5.74) is 5.09. The van der Waals surface area contributed by atoms with Crippen molar-refractivity contribution in [2.24, 2.45) is 0 Å². The number of hydrogen-bond donors (Lipinski definition) is 1. The molecule has 0 saturated heterocycles. The molecular formula is C19H22ClNO2. The van der Waals surface area contributed by atoms with Crippen LogP contribution in [0.2, 0.25) is 5.02 Å². The Balaban J connectivity index is 2.23. The average Bonchev–Trinajstić information content (AvgIpc) is 2.51. The first kappa shape index (κ1) is 17.4. The number of ether oxygens (including phenoxy) is 1. The minimum atomic E-state index is -0.0129. The highest BCUT2D eigenvalue weighted by Gasteiger charge is 2.11. The first-order chi connectivity index (χ1) is 10.9. The highest BCUT2D eigenvalue weighted by molar-refractivity contribution is 6.32. The van der Waals surface area contributed by atoms with Gasteiger partial charge in [0.05, 0.1) is 5.02 Å². The van der Waals surface area contributed by atoms with E-state index in [1.165, 1.54) is 0 Å². The minimum absolute atomic E-state index is 0.0129. The van der Waals surface area contributed by atoms with Gasteiger partial charge in [0, 0.05) is 17.7 Å². The van der Waals surface area contributed by atoms with Crippen molar-refractivity contribution in [3.63, 3.8) is 0 Å². The number of anilines is 1. The van der Waals surface area contributed by atoms with Crippen molar-refractivity contribution in [1.29, 1.82) is 0 Å². The fourth-order valence-electron chi connectivity index (χ4n) is 2.26. The van der Waals surface area contributed by atoms with Gasteiger partial charge >= 0.3 is 0 Å². The van der Waals surface area contributed by atoms with E-state index in [0.717, 1.165) is 27.9 Å². The molecule has 0 unspecified atom stereocenters. The maximum atomic E-state index is 11.7. The number of carbonyl (C=O) groups excluding carboxylic acids is 1. The lowest BCUT2D eigenvalue weighted by molar-refractivity contribution is -0.115. The van der Waals surface area contributed by atoms with Crippen LogP contribution < -0.4 is 10.1 Å². The number of carbonyl (C=O) groups is 1.